The number of carbonyl (C=O) groups excluding carboxylic acids is 1. The molecule has 0 atom stereocenters. The van der Waals surface area contributed by atoms with E-state index in [1.54, 1.807) is 16.8 Å². The van der Waals surface area contributed by atoms with E-state index in [1.807, 2.05) is 39.0 Å². The first-order chi connectivity index (χ1) is 7.46. The van der Waals surface area contributed by atoms with Gasteiger partial charge in [-0.05, 0) is 39.0 Å². The molecule has 1 aromatic carbocycles. The average molecular weight is 234 g/mol. The zero-order valence-corrected chi connectivity index (χ0v) is 10.4. The summed E-state index contributed by atoms with van der Waals surface area (Å²) in [6, 6.07) is 5.57. The van der Waals surface area contributed by atoms with E-state index >= 15 is 0 Å². The molecule has 0 aliphatic carbocycles. The van der Waals surface area contributed by atoms with E-state index in [2.05, 4.69) is 10.3 Å². The molecule has 0 saturated carbocycles. The smallest absolute Gasteiger partial charge is 0.251 e. The van der Waals surface area contributed by atoms with Crippen molar-refractivity contribution < 1.29 is 4.79 Å². The molecule has 1 aromatic heterocycles. The number of hydrogen-bond donors (Lipinski definition) is 1. The van der Waals surface area contributed by atoms with Crippen molar-refractivity contribution in [2.24, 2.45) is 0 Å². The minimum atomic E-state index is -0.209. The Bertz CT molecular complexity index is 525. The standard InChI is InChI=1S/C12H14N2OS/c1-12(2,3)14-11(15)8-4-5-9-10(6-8)16-7-13-9/h4-7H,1-3H3,(H,14,15). The lowest BCUT2D eigenvalue weighted by molar-refractivity contribution is 0.0919. The number of rotatable bonds is 1. The zero-order chi connectivity index (χ0) is 11.8. The van der Waals surface area contributed by atoms with Gasteiger partial charge in [-0.1, -0.05) is 0 Å². The number of amides is 1. The third-order valence-electron chi connectivity index (χ3n) is 2.08. The summed E-state index contributed by atoms with van der Waals surface area (Å²) in [5.41, 5.74) is 3.21. The largest absolute Gasteiger partial charge is 0.347 e. The summed E-state index contributed by atoms with van der Waals surface area (Å²) < 4.78 is 1.04. The van der Waals surface area contributed by atoms with E-state index < -0.39 is 0 Å². The predicted molar refractivity (Wildman–Crippen MR) is 66.8 cm³/mol. The van der Waals surface area contributed by atoms with Gasteiger partial charge in [-0.2, -0.15) is 0 Å². The van der Waals surface area contributed by atoms with Gasteiger partial charge in [0.2, 0.25) is 0 Å². The van der Waals surface area contributed by atoms with Gasteiger partial charge in [0.05, 0.1) is 15.7 Å². The molecule has 2 rings (SSSR count). The van der Waals surface area contributed by atoms with Crippen LogP contribution in [0.4, 0.5) is 0 Å². The van der Waals surface area contributed by atoms with Crippen LogP contribution in [0.3, 0.4) is 0 Å². The van der Waals surface area contributed by atoms with E-state index in [-0.39, 0.29) is 11.4 Å². The quantitative estimate of drug-likeness (QED) is 0.824. The molecule has 0 aliphatic rings. The first-order valence-corrected chi connectivity index (χ1v) is 5.99. The summed E-state index contributed by atoms with van der Waals surface area (Å²) >= 11 is 1.55. The lowest BCUT2D eigenvalue weighted by atomic mass is 10.1. The molecule has 1 N–H and O–H groups in total. The second-order valence-corrected chi connectivity index (χ2v) is 5.63. The topological polar surface area (TPSA) is 42.0 Å². The van der Waals surface area contributed by atoms with Crippen molar-refractivity contribution in [1.29, 1.82) is 0 Å². The summed E-state index contributed by atoms with van der Waals surface area (Å²) in [5, 5.41) is 2.94. The SMILES string of the molecule is CC(C)(C)NC(=O)c1ccc2ncsc2c1. The molecule has 1 amide bonds. The summed E-state index contributed by atoms with van der Waals surface area (Å²) in [6.45, 7) is 5.91. The van der Waals surface area contributed by atoms with Gasteiger partial charge in [-0.15, -0.1) is 11.3 Å². The van der Waals surface area contributed by atoms with Gasteiger partial charge in [0.25, 0.3) is 5.91 Å². The van der Waals surface area contributed by atoms with E-state index in [0.717, 1.165) is 10.2 Å². The maximum atomic E-state index is 11.9. The van der Waals surface area contributed by atoms with Crippen molar-refractivity contribution in [3.05, 3.63) is 29.3 Å². The Kier molecular flexibility index (Phi) is 2.68. The Labute approximate surface area is 98.5 Å². The van der Waals surface area contributed by atoms with Crippen molar-refractivity contribution in [3.8, 4) is 0 Å². The van der Waals surface area contributed by atoms with Crippen LogP contribution in [0.1, 0.15) is 31.1 Å². The third-order valence-corrected chi connectivity index (χ3v) is 2.87. The summed E-state index contributed by atoms with van der Waals surface area (Å²) in [5.74, 6) is -0.0391. The fraction of sp³-hybridized carbons (Fsp3) is 0.333. The molecule has 0 spiro atoms. The average Bonchev–Trinajstić information content (AvgIpc) is 2.61. The van der Waals surface area contributed by atoms with Crippen molar-refractivity contribution in [2.45, 2.75) is 26.3 Å². The van der Waals surface area contributed by atoms with Gasteiger partial charge >= 0.3 is 0 Å². The maximum absolute atomic E-state index is 11.9. The van der Waals surface area contributed by atoms with E-state index in [9.17, 15) is 4.79 Å². The maximum Gasteiger partial charge on any atom is 0.251 e. The fourth-order valence-electron chi connectivity index (χ4n) is 1.41. The van der Waals surface area contributed by atoms with Gasteiger partial charge in [0.1, 0.15) is 0 Å². The highest BCUT2D eigenvalue weighted by atomic mass is 32.1. The van der Waals surface area contributed by atoms with Crippen molar-refractivity contribution in [2.75, 3.05) is 0 Å². The second kappa shape index (κ2) is 3.87. The van der Waals surface area contributed by atoms with Crippen molar-refractivity contribution in [1.82, 2.24) is 10.3 Å². The molecule has 16 heavy (non-hydrogen) atoms. The van der Waals surface area contributed by atoms with E-state index in [0.29, 0.717) is 5.56 Å². The molecule has 84 valence electrons. The summed E-state index contributed by atoms with van der Waals surface area (Å²) in [6.07, 6.45) is 0. The van der Waals surface area contributed by atoms with Gasteiger partial charge < -0.3 is 5.32 Å². The lowest BCUT2D eigenvalue weighted by Crippen LogP contribution is -2.40. The summed E-state index contributed by atoms with van der Waals surface area (Å²) in [4.78, 5) is 16.1. The third kappa shape index (κ3) is 2.39. The molecule has 0 bridgehead atoms. The molecule has 0 radical (unpaired) electrons. The normalized spacial score (nSPS) is 11.7. The predicted octanol–water partition coefficient (Wildman–Crippen LogP) is 2.82. The van der Waals surface area contributed by atoms with Crippen LogP contribution in [-0.4, -0.2) is 16.4 Å². The van der Waals surface area contributed by atoms with Crippen molar-refractivity contribution >= 4 is 27.5 Å². The minimum absolute atomic E-state index is 0.0391. The highest BCUT2D eigenvalue weighted by Gasteiger charge is 2.15. The number of fused-ring (bicyclic) bond motifs is 1. The Hall–Kier alpha value is -1.42. The lowest BCUT2D eigenvalue weighted by Gasteiger charge is -2.20. The van der Waals surface area contributed by atoms with Crippen LogP contribution in [0.25, 0.3) is 10.2 Å². The Balaban J connectivity index is 2.29. The molecule has 0 aliphatic heterocycles. The molecular formula is C12H14N2OS. The van der Waals surface area contributed by atoms with Gasteiger partial charge in [0, 0.05) is 11.1 Å². The first kappa shape index (κ1) is 11.1. The molecule has 1 heterocycles. The molecule has 0 saturated heterocycles. The Morgan fingerprint density at radius 3 is 2.81 bits per heavy atom. The van der Waals surface area contributed by atoms with Crippen LogP contribution in [0.15, 0.2) is 23.7 Å². The van der Waals surface area contributed by atoms with Crippen LogP contribution in [0.5, 0.6) is 0 Å². The number of hydrogen-bond acceptors (Lipinski definition) is 3. The molecule has 4 heteroatoms. The van der Waals surface area contributed by atoms with Crippen LogP contribution in [0.2, 0.25) is 0 Å². The zero-order valence-electron chi connectivity index (χ0n) is 9.57. The number of benzene rings is 1. The van der Waals surface area contributed by atoms with E-state index in [1.165, 1.54) is 0 Å². The van der Waals surface area contributed by atoms with Gasteiger partial charge in [-0.25, -0.2) is 4.98 Å². The number of nitrogens with zero attached hydrogens (tertiary/aromatic N) is 1. The van der Waals surface area contributed by atoms with E-state index in [4.69, 9.17) is 0 Å². The minimum Gasteiger partial charge on any atom is -0.347 e. The van der Waals surface area contributed by atoms with Crippen LogP contribution < -0.4 is 5.32 Å². The number of carbonyl (C=O) groups is 1. The van der Waals surface area contributed by atoms with Crippen LogP contribution in [0, 0.1) is 0 Å². The van der Waals surface area contributed by atoms with Gasteiger partial charge in [-0.3, -0.25) is 4.79 Å². The Morgan fingerprint density at radius 1 is 1.38 bits per heavy atom. The van der Waals surface area contributed by atoms with Crippen LogP contribution in [-0.2, 0) is 0 Å². The molecular weight excluding hydrogens is 220 g/mol. The monoisotopic (exact) mass is 234 g/mol. The molecule has 0 fully saturated rings. The Morgan fingerprint density at radius 2 is 2.12 bits per heavy atom. The molecule has 2 aromatic rings. The number of aromatic nitrogens is 1. The number of thiazole rings is 1. The van der Waals surface area contributed by atoms with Crippen molar-refractivity contribution in [3.63, 3.8) is 0 Å². The summed E-state index contributed by atoms with van der Waals surface area (Å²) in [7, 11) is 0. The first-order valence-electron chi connectivity index (χ1n) is 5.11. The molecule has 0 unspecified atom stereocenters. The highest BCUT2D eigenvalue weighted by Crippen LogP contribution is 2.19. The second-order valence-electron chi connectivity index (χ2n) is 4.74. The van der Waals surface area contributed by atoms with Gasteiger partial charge in [0.15, 0.2) is 0 Å². The number of nitrogens with one attached hydrogen (secondary N) is 1. The fourth-order valence-corrected chi connectivity index (χ4v) is 2.13. The highest BCUT2D eigenvalue weighted by molar-refractivity contribution is 7.16. The van der Waals surface area contributed by atoms with Crippen LogP contribution >= 0.6 is 11.3 Å². The molecule has 3 nitrogen and oxygen atoms in total.